The molecule has 0 radical (unpaired) electrons. The van der Waals surface area contributed by atoms with Gasteiger partial charge in [-0.05, 0) is 24.3 Å². The van der Waals surface area contributed by atoms with Gasteiger partial charge in [0.15, 0.2) is 0 Å². The second-order valence-electron chi connectivity index (χ2n) is 7.21. The molecule has 1 amide bonds. The van der Waals surface area contributed by atoms with Crippen LogP contribution in [0.25, 0.3) is 28.0 Å². The molecule has 156 valence electrons. The number of fused-ring (bicyclic) bond motifs is 1. The quantitative estimate of drug-likeness (QED) is 0.508. The molecule has 0 bridgehead atoms. The number of carbonyl (C=O) groups excluding carboxylic acids is 1. The van der Waals surface area contributed by atoms with Crippen LogP contribution in [-0.2, 0) is 16.0 Å². The highest BCUT2D eigenvalue weighted by atomic mass is 16.5. The number of ether oxygens (including phenoxy) is 1. The molecule has 2 aromatic carbocycles. The molecule has 3 heterocycles. The van der Waals surface area contributed by atoms with Gasteiger partial charge < -0.3 is 14.2 Å². The first kappa shape index (κ1) is 19.2. The Hall–Kier alpha value is -3.78. The van der Waals surface area contributed by atoms with Gasteiger partial charge in [0.05, 0.1) is 12.3 Å². The predicted molar refractivity (Wildman–Crippen MR) is 115 cm³/mol. The maximum absolute atomic E-state index is 13.5. The summed E-state index contributed by atoms with van der Waals surface area (Å²) >= 11 is 0. The Morgan fingerprint density at radius 1 is 1.00 bits per heavy atom. The number of nitrogens with zero attached hydrogens (tertiary/aromatic N) is 4. The molecule has 8 nitrogen and oxygen atoms in total. The summed E-state index contributed by atoms with van der Waals surface area (Å²) in [5.74, 6) is 0.494. The Morgan fingerprint density at radius 2 is 1.74 bits per heavy atom. The van der Waals surface area contributed by atoms with Gasteiger partial charge in [-0.1, -0.05) is 42.4 Å². The first-order valence-electron chi connectivity index (χ1n) is 10.1. The van der Waals surface area contributed by atoms with E-state index in [1.165, 1.54) is 0 Å². The largest absolute Gasteiger partial charge is 0.370 e. The first-order valence-corrected chi connectivity index (χ1v) is 10.1. The van der Waals surface area contributed by atoms with Crippen molar-refractivity contribution in [1.29, 1.82) is 0 Å². The lowest BCUT2D eigenvalue weighted by molar-refractivity contribution is -0.125. The van der Waals surface area contributed by atoms with Crippen molar-refractivity contribution in [2.24, 2.45) is 0 Å². The van der Waals surface area contributed by atoms with Gasteiger partial charge in [-0.3, -0.25) is 14.2 Å². The molecule has 4 aromatic rings. The number of anilines is 1. The van der Waals surface area contributed by atoms with Gasteiger partial charge in [0.2, 0.25) is 0 Å². The van der Waals surface area contributed by atoms with Crippen LogP contribution in [-0.4, -0.2) is 40.4 Å². The summed E-state index contributed by atoms with van der Waals surface area (Å²) in [6.45, 7) is 3.02. The van der Waals surface area contributed by atoms with Crippen molar-refractivity contribution in [3.8, 4) is 16.9 Å². The fourth-order valence-corrected chi connectivity index (χ4v) is 3.82. The standard InChI is InChI=1S/C23H20N4O4/c1-2-18-24-22-20(21(25-31-22)15-6-4-3-5-7-15)23(29)27(18)17-10-8-16(9-11-17)26-12-13-30-14-19(26)28/h3-11H,2,12-14H2,1H3. The molecule has 0 N–H and O–H groups in total. The highest BCUT2D eigenvalue weighted by molar-refractivity contribution is 5.95. The molecule has 1 aliphatic rings. The van der Waals surface area contributed by atoms with Gasteiger partial charge >= 0.3 is 0 Å². The van der Waals surface area contributed by atoms with Crippen molar-refractivity contribution < 1.29 is 14.1 Å². The third kappa shape index (κ3) is 3.30. The van der Waals surface area contributed by atoms with Crippen LogP contribution < -0.4 is 10.5 Å². The molecule has 8 heteroatoms. The molecule has 0 spiro atoms. The molecule has 31 heavy (non-hydrogen) atoms. The molecule has 5 rings (SSSR count). The first-order chi connectivity index (χ1) is 15.2. The lowest BCUT2D eigenvalue weighted by Gasteiger charge is -2.27. The van der Waals surface area contributed by atoms with Crippen molar-refractivity contribution in [2.75, 3.05) is 24.7 Å². The van der Waals surface area contributed by atoms with E-state index in [9.17, 15) is 9.59 Å². The van der Waals surface area contributed by atoms with Crippen LogP contribution in [0.4, 0.5) is 5.69 Å². The Balaban J connectivity index is 1.63. The van der Waals surface area contributed by atoms with Crippen molar-refractivity contribution in [3.63, 3.8) is 0 Å². The van der Waals surface area contributed by atoms with Crippen LogP contribution in [0.5, 0.6) is 0 Å². The normalized spacial score (nSPS) is 14.4. The number of rotatable bonds is 4. The summed E-state index contributed by atoms with van der Waals surface area (Å²) in [5, 5.41) is 4.46. The molecule has 0 aliphatic carbocycles. The van der Waals surface area contributed by atoms with E-state index in [0.29, 0.717) is 42.2 Å². The van der Waals surface area contributed by atoms with Gasteiger partial charge in [-0.2, -0.15) is 4.98 Å². The molecule has 1 aliphatic heterocycles. The highest BCUT2D eigenvalue weighted by Gasteiger charge is 2.22. The molecule has 1 saturated heterocycles. The van der Waals surface area contributed by atoms with Gasteiger partial charge in [0.25, 0.3) is 17.2 Å². The van der Waals surface area contributed by atoms with Gasteiger partial charge in [0, 0.05) is 24.2 Å². The van der Waals surface area contributed by atoms with Gasteiger partial charge in [0.1, 0.15) is 23.5 Å². The van der Waals surface area contributed by atoms with E-state index in [-0.39, 0.29) is 23.8 Å². The van der Waals surface area contributed by atoms with Gasteiger partial charge in [-0.25, -0.2) is 0 Å². The van der Waals surface area contributed by atoms with Crippen LogP contribution in [0.15, 0.2) is 63.9 Å². The van der Waals surface area contributed by atoms with E-state index in [1.807, 2.05) is 61.5 Å². The predicted octanol–water partition coefficient (Wildman–Crippen LogP) is 2.97. The zero-order valence-corrected chi connectivity index (χ0v) is 16.9. The zero-order chi connectivity index (χ0) is 21.4. The highest BCUT2D eigenvalue weighted by Crippen LogP contribution is 2.26. The molecule has 0 atom stereocenters. The van der Waals surface area contributed by atoms with Crippen molar-refractivity contribution in [3.05, 3.63) is 70.8 Å². The van der Waals surface area contributed by atoms with Crippen LogP contribution >= 0.6 is 0 Å². The number of amides is 1. The number of benzene rings is 2. The van der Waals surface area contributed by atoms with E-state index in [4.69, 9.17) is 9.26 Å². The average molecular weight is 416 g/mol. The van der Waals surface area contributed by atoms with Crippen molar-refractivity contribution >= 4 is 22.7 Å². The number of aryl methyl sites for hydroxylation is 1. The molecule has 0 saturated carbocycles. The Bertz CT molecular complexity index is 1310. The molecular weight excluding hydrogens is 396 g/mol. The molecule has 0 unspecified atom stereocenters. The summed E-state index contributed by atoms with van der Waals surface area (Å²) in [4.78, 5) is 31.9. The Labute approximate surface area is 177 Å². The topological polar surface area (TPSA) is 90.5 Å². The number of hydrogen-bond donors (Lipinski definition) is 0. The summed E-state index contributed by atoms with van der Waals surface area (Å²) in [6, 6.07) is 16.7. The van der Waals surface area contributed by atoms with Crippen molar-refractivity contribution in [2.45, 2.75) is 13.3 Å². The van der Waals surface area contributed by atoms with Crippen LogP contribution in [0, 0.1) is 0 Å². The van der Waals surface area contributed by atoms with E-state index in [2.05, 4.69) is 10.1 Å². The molecular formula is C23H20N4O4. The SMILES string of the molecule is CCc1nc2onc(-c3ccccc3)c2c(=O)n1-c1ccc(N2CCOCC2=O)cc1. The fraction of sp³-hybridized carbons (Fsp3) is 0.217. The minimum absolute atomic E-state index is 0.0783. The number of aromatic nitrogens is 3. The third-order valence-corrected chi connectivity index (χ3v) is 5.35. The van der Waals surface area contributed by atoms with Crippen LogP contribution in [0.1, 0.15) is 12.7 Å². The Kier molecular flexibility index (Phi) is 4.83. The van der Waals surface area contributed by atoms with Crippen molar-refractivity contribution in [1.82, 2.24) is 14.7 Å². The van der Waals surface area contributed by atoms with E-state index < -0.39 is 0 Å². The number of carbonyl (C=O) groups is 1. The number of morpholine rings is 1. The monoisotopic (exact) mass is 416 g/mol. The molecule has 1 fully saturated rings. The molecule has 2 aromatic heterocycles. The Morgan fingerprint density at radius 3 is 2.45 bits per heavy atom. The summed E-state index contributed by atoms with van der Waals surface area (Å²) in [7, 11) is 0. The minimum atomic E-state index is -0.239. The van der Waals surface area contributed by atoms with E-state index in [1.54, 1.807) is 9.47 Å². The van der Waals surface area contributed by atoms with E-state index >= 15 is 0 Å². The smallest absolute Gasteiger partial charge is 0.271 e. The number of hydrogen-bond acceptors (Lipinski definition) is 6. The second-order valence-corrected chi connectivity index (χ2v) is 7.21. The zero-order valence-electron chi connectivity index (χ0n) is 16.9. The third-order valence-electron chi connectivity index (χ3n) is 5.35. The maximum atomic E-state index is 13.5. The van der Waals surface area contributed by atoms with Crippen LogP contribution in [0.2, 0.25) is 0 Å². The van der Waals surface area contributed by atoms with Crippen LogP contribution in [0.3, 0.4) is 0 Å². The maximum Gasteiger partial charge on any atom is 0.271 e. The average Bonchev–Trinajstić information content (AvgIpc) is 3.24. The summed E-state index contributed by atoms with van der Waals surface area (Å²) in [5.41, 5.74) is 2.69. The fourth-order valence-electron chi connectivity index (χ4n) is 3.82. The van der Waals surface area contributed by atoms with Gasteiger partial charge in [-0.15, -0.1) is 0 Å². The lowest BCUT2D eigenvalue weighted by Crippen LogP contribution is -2.41. The van der Waals surface area contributed by atoms with E-state index in [0.717, 1.165) is 11.3 Å². The minimum Gasteiger partial charge on any atom is -0.370 e. The summed E-state index contributed by atoms with van der Waals surface area (Å²) in [6.07, 6.45) is 0.538. The second kappa shape index (κ2) is 7.81. The lowest BCUT2D eigenvalue weighted by atomic mass is 10.1. The summed E-state index contributed by atoms with van der Waals surface area (Å²) < 4.78 is 12.2.